The third kappa shape index (κ3) is 4.55. The van der Waals surface area contributed by atoms with Gasteiger partial charge in [0.25, 0.3) is 5.91 Å². The summed E-state index contributed by atoms with van der Waals surface area (Å²) in [6, 6.07) is 20.7. The van der Waals surface area contributed by atoms with Gasteiger partial charge in [-0.25, -0.2) is 0 Å². The topological polar surface area (TPSA) is 71.6 Å². The summed E-state index contributed by atoms with van der Waals surface area (Å²) in [6.07, 6.45) is 1.28. The van der Waals surface area contributed by atoms with Gasteiger partial charge in [0.05, 0.1) is 13.2 Å². The van der Waals surface area contributed by atoms with Crippen LogP contribution in [0.5, 0.6) is 5.75 Å². The van der Waals surface area contributed by atoms with E-state index in [4.69, 9.17) is 9.47 Å². The molecule has 1 unspecified atom stereocenters. The Hall–Kier alpha value is -3.38. The summed E-state index contributed by atoms with van der Waals surface area (Å²) in [5.74, 6) is -0.0320. The highest BCUT2D eigenvalue weighted by molar-refractivity contribution is 5.92. The minimum Gasteiger partial charge on any atom is -0.483 e. The first-order valence-corrected chi connectivity index (χ1v) is 9.56. The molecule has 6 nitrogen and oxygen atoms in total. The molecule has 1 aliphatic heterocycles. The van der Waals surface area contributed by atoms with Gasteiger partial charge in [0, 0.05) is 18.8 Å². The van der Waals surface area contributed by atoms with E-state index in [-0.39, 0.29) is 28.9 Å². The number of benzene rings is 2. The van der Waals surface area contributed by atoms with Gasteiger partial charge < -0.3 is 19.4 Å². The molecule has 0 radical (unpaired) electrons. The highest BCUT2D eigenvalue weighted by Crippen LogP contribution is 2.22. The van der Waals surface area contributed by atoms with Crippen molar-refractivity contribution in [1.29, 1.82) is 0 Å². The van der Waals surface area contributed by atoms with Crippen molar-refractivity contribution in [2.24, 2.45) is 0 Å². The Bertz CT molecular complexity index is 1020. The van der Waals surface area contributed by atoms with Gasteiger partial charge >= 0.3 is 0 Å². The van der Waals surface area contributed by atoms with Crippen LogP contribution in [0.2, 0.25) is 0 Å². The summed E-state index contributed by atoms with van der Waals surface area (Å²) in [6.45, 7) is 1.67. The maximum atomic E-state index is 12.9. The van der Waals surface area contributed by atoms with Crippen LogP contribution in [0.25, 0.3) is 0 Å². The van der Waals surface area contributed by atoms with Crippen LogP contribution >= 0.6 is 0 Å². The zero-order valence-electron chi connectivity index (χ0n) is 15.9. The molecule has 6 heteroatoms. The lowest BCUT2D eigenvalue weighted by Gasteiger charge is -2.33. The average molecular weight is 390 g/mol. The first-order chi connectivity index (χ1) is 14.2. The lowest BCUT2D eigenvalue weighted by atomic mass is 10.1. The molecule has 2 aromatic carbocycles. The van der Waals surface area contributed by atoms with Gasteiger partial charge in [-0.15, -0.1) is 0 Å². The second-order valence-electron chi connectivity index (χ2n) is 6.87. The molecular weight excluding hydrogens is 368 g/mol. The number of nitrogens with zero attached hydrogens (tertiary/aromatic N) is 1. The number of ether oxygens (including phenoxy) is 2. The maximum absolute atomic E-state index is 12.9. The fourth-order valence-corrected chi connectivity index (χ4v) is 3.30. The Morgan fingerprint density at radius 3 is 2.55 bits per heavy atom. The molecule has 1 aromatic heterocycles. The van der Waals surface area contributed by atoms with E-state index in [9.17, 15) is 9.59 Å². The van der Waals surface area contributed by atoms with Gasteiger partial charge in [0.15, 0.2) is 5.75 Å². The van der Waals surface area contributed by atoms with Crippen molar-refractivity contribution in [1.82, 2.24) is 9.88 Å². The summed E-state index contributed by atoms with van der Waals surface area (Å²) in [7, 11) is 0. The minimum absolute atomic E-state index is 0.172. The summed E-state index contributed by atoms with van der Waals surface area (Å²) < 4.78 is 11.4. The van der Waals surface area contributed by atoms with Crippen LogP contribution < -0.4 is 10.2 Å². The number of aromatic amines is 1. The molecule has 3 aromatic rings. The summed E-state index contributed by atoms with van der Waals surface area (Å²) in [5, 5.41) is 0. The van der Waals surface area contributed by atoms with Crippen molar-refractivity contribution < 1.29 is 14.3 Å². The molecular formula is C23H22N2O4. The van der Waals surface area contributed by atoms with Gasteiger partial charge in [-0.05, 0) is 11.1 Å². The molecule has 2 heterocycles. The van der Waals surface area contributed by atoms with Gasteiger partial charge in [-0.2, -0.15) is 0 Å². The highest BCUT2D eigenvalue weighted by atomic mass is 16.5. The Balaban J connectivity index is 1.43. The maximum Gasteiger partial charge on any atom is 0.270 e. The number of pyridine rings is 1. The molecule has 4 rings (SSSR count). The number of hydrogen-bond donors (Lipinski definition) is 1. The van der Waals surface area contributed by atoms with Crippen LogP contribution in [0.1, 0.15) is 27.7 Å². The number of H-pyrrole nitrogens is 1. The molecule has 1 aliphatic rings. The molecule has 0 aliphatic carbocycles. The lowest BCUT2D eigenvalue weighted by molar-refractivity contribution is -0.0230. The molecule has 148 valence electrons. The molecule has 1 fully saturated rings. The van der Waals surface area contributed by atoms with Crippen LogP contribution in [-0.2, 0) is 11.3 Å². The third-order valence-electron chi connectivity index (χ3n) is 4.87. The number of nitrogens with one attached hydrogen (secondary N) is 1. The van der Waals surface area contributed by atoms with Crippen LogP contribution in [0.3, 0.4) is 0 Å². The second kappa shape index (κ2) is 8.75. The lowest BCUT2D eigenvalue weighted by Crippen LogP contribution is -2.42. The summed E-state index contributed by atoms with van der Waals surface area (Å²) in [4.78, 5) is 29.9. The fourth-order valence-electron chi connectivity index (χ4n) is 3.30. The summed E-state index contributed by atoms with van der Waals surface area (Å²) in [5.41, 5.74) is 1.92. The first kappa shape index (κ1) is 19.0. The van der Waals surface area contributed by atoms with E-state index in [0.29, 0.717) is 26.3 Å². The standard InChI is InChI=1S/C23H22N2O4/c26-20-13-19(24-14-21(20)29-16-17-7-3-1-4-8-17)23(27)25-11-12-28-22(15-25)18-9-5-2-6-10-18/h1-10,13-14,22H,11-12,15-16H2,(H,24,26). The molecule has 0 saturated carbocycles. The SMILES string of the molecule is O=C(c1cc(=O)c(OCc2ccccc2)c[nH]1)N1CCOC(c2ccccc2)C1. The minimum atomic E-state index is -0.323. The third-order valence-corrected chi connectivity index (χ3v) is 4.87. The second-order valence-corrected chi connectivity index (χ2v) is 6.87. The number of morpholine rings is 1. The fraction of sp³-hybridized carbons (Fsp3) is 0.217. The monoisotopic (exact) mass is 390 g/mol. The van der Waals surface area contributed by atoms with Gasteiger partial charge in [0.1, 0.15) is 18.4 Å². The van der Waals surface area contributed by atoms with Gasteiger partial charge in [0.2, 0.25) is 5.43 Å². The number of amides is 1. The van der Waals surface area contributed by atoms with Crippen molar-refractivity contribution in [3.8, 4) is 5.75 Å². The zero-order chi connectivity index (χ0) is 20.1. The molecule has 1 N–H and O–H groups in total. The Labute approximate surface area is 168 Å². The predicted molar refractivity (Wildman–Crippen MR) is 109 cm³/mol. The first-order valence-electron chi connectivity index (χ1n) is 9.56. The number of rotatable bonds is 5. The van der Waals surface area contributed by atoms with Crippen molar-refractivity contribution in [2.45, 2.75) is 12.7 Å². The molecule has 0 spiro atoms. The largest absolute Gasteiger partial charge is 0.483 e. The van der Waals surface area contributed by atoms with Crippen molar-refractivity contribution in [2.75, 3.05) is 19.7 Å². The molecule has 1 atom stereocenters. The molecule has 1 saturated heterocycles. The smallest absolute Gasteiger partial charge is 0.270 e. The average Bonchev–Trinajstić information content (AvgIpc) is 2.79. The molecule has 0 bridgehead atoms. The van der Waals surface area contributed by atoms with Crippen molar-refractivity contribution in [3.63, 3.8) is 0 Å². The Morgan fingerprint density at radius 2 is 1.83 bits per heavy atom. The van der Waals surface area contributed by atoms with Crippen LogP contribution in [-0.4, -0.2) is 35.5 Å². The van der Waals surface area contributed by atoms with Crippen molar-refractivity contribution >= 4 is 5.91 Å². The molecule has 1 amide bonds. The predicted octanol–water partition coefficient (Wildman–Crippen LogP) is 3.17. The van der Waals surface area contributed by atoms with E-state index in [0.717, 1.165) is 11.1 Å². The number of hydrogen-bond acceptors (Lipinski definition) is 4. The highest BCUT2D eigenvalue weighted by Gasteiger charge is 2.26. The Kier molecular flexibility index (Phi) is 5.72. The van der Waals surface area contributed by atoms with E-state index in [1.807, 2.05) is 60.7 Å². The van der Waals surface area contributed by atoms with E-state index in [2.05, 4.69) is 4.98 Å². The van der Waals surface area contributed by atoms with Gasteiger partial charge in [-0.1, -0.05) is 60.7 Å². The van der Waals surface area contributed by atoms with Crippen LogP contribution in [0.4, 0.5) is 0 Å². The van der Waals surface area contributed by atoms with E-state index < -0.39 is 0 Å². The number of carbonyl (C=O) groups is 1. The van der Waals surface area contributed by atoms with Gasteiger partial charge in [-0.3, -0.25) is 9.59 Å². The summed E-state index contributed by atoms with van der Waals surface area (Å²) >= 11 is 0. The normalized spacial score (nSPS) is 16.4. The Morgan fingerprint density at radius 1 is 1.10 bits per heavy atom. The van der Waals surface area contributed by atoms with E-state index in [1.165, 1.54) is 12.3 Å². The van der Waals surface area contributed by atoms with E-state index >= 15 is 0 Å². The molecule has 29 heavy (non-hydrogen) atoms. The quantitative estimate of drug-likeness (QED) is 0.726. The van der Waals surface area contributed by atoms with E-state index in [1.54, 1.807) is 4.90 Å². The van der Waals surface area contributed by atoms with Crippen LogP contribution in [0.15, 0.2) is 77.7 Å². The zero-order valence-corrected chi connectivity index (χ0v) is 15.9. The van der Waals surface area contributed by atoms with Crippen molar-refractivity contribution in [3.05, 3.63) is 100.0 Å². The number of aromatic nitrogens is 1. The number of carbonyl (C=O) groups excluding carboxylic acids is 1. The van der Waals surface area contributed by atoms with Crippen LogP contribution in [0, 0.1) is 0 Å².